The van der Waals surface area contributed by atoms with Crippen LogP contribution in [0.4, 0.5) is 0 Å². The van der Waals surface area contributed by atoms with E-state index in [-0.39, 0.29) is 5.41 Å². The van der Waals surface area contributed by atoms with Crippen molar-refractivity contribution in [3.05, 3.63) is 35.4 Å². The first-order valence-corrected chi connectivity index (χ1v) is 8.10. The van der Waals surface area contributed by atoms with Gasteiger partial charge >= 0.3 is 0 Å². The standard InChI is InChI=1S/C19H33NO/c1-14(2)12-15(3)20(7)13-18(21)16-8-10-17(11-9-16)19(4,5)6/h8-11,14-15,18,21H,12-13H2,1-7H3. The summed E-state index contributed by atoms with van der Waals surface area (Å²) < 4.78 is 0. The van der Waals surface area contributed by atoms with Crippen molar-refractivity contribution >= 4 is 0 Å². The van der Waals surface area contributed by atoms with Crippen molar-refractivity contribution in [2.45, 2.75) is 65.5 Å². The van der Waals surface area contributed by atoms with Gasteiger partial charge in [-0.2, -0.15) is 0 Å². The Kier molecular flexibility index (Phi) is 6.42. The Labute approximate surface area is 131 Å². The van der Waals surface area contributed by atoms with Crippen molar-refractivity contribution in [1.82, 2.24) is 4.90 Å². The summed E-state index contributed by atoms with van der Waals surface area (Å²) >= 11 is 0. The molecule has 2 heteroatoms. The number of rotatable bonds is 6. The third kappa shape index (κ3) is 5.80. The van der Waals surface area contributed by atoms with E-state index in [9.17, 15) is 5.11 Å². The van der Waals surface area contributed by atoms with Crippen LogP contribution in [0, 0.1) is 5.92 Å². The Morgan fingerprint density at radius 3 is 2.00 bits per heavy atom. The van der Waals surface area contributed by atoms with Gasteiger partial charge in [0.25, 0.3) is 0 Å². The van der Waals surface area contributed by atoms with Crippen LogP contribution in [0.5, 0.6) is 0 Å². The molecular weight excluding hydrogens is 258 g/mol. The first-order valence-electron chi connectivity index (χ1n) is 8.10. The maximum Gasteiger partial charge on any atom is 0.0916 e. The molecule has 0 bridgehead atoms. The lowest BCUT2D eigenvalue weighted by atomic mass is 9.86. The van der Waals surface area contributed by atoms with E-state index in [2.05, 4.69) is 77.8 Å². The normalized spacial score (nSPS) is 15.5. The quantitative estimate of drug-likeness (QED) is 0.840. The maximum absolute atomic E-state index is 10.4. The molecule has 0 aliphatic carbocycles. The molecule has 2 atom stereocenters. The van der Waals surface area contributed by atoms with Gasteiger partial charge in [0.15, 0.2) is 0 Å². The minimum atomic E-state index is -0.418. The van der Waals surface area contributed by atoms with Crippen LogP contribution in [0.25, 0.3) is 0 Å². The SMILES string of the molecule is CC(C)CC(C)N(C)CC(O)c1ccc(C(C)(C)C)cc1. The van der Waals surface area contributed by atoms with E-state index >= 15 is 0 Å². The van der Waals surface area contributed by atoms with Gasteiger partial charge in [-0.05, 0) is 42.9 Å². The zero-order chi connectivity index (χ0) is 16.2. The van der Waals surface area contributed by atoms with Crippen molar-refractivity contribution < 1.29 is 5.11 Å². The monoisotopic (exact) mass is 291 g/mol. The lowest BCUT2D eigenvalue weighted by Crippen LogP contribution is -2.33. The minimum Gasteiger partial charge on any atom is -0.387 e. The van der Waals surface area contributed by atoms with Crippen molar-refractivity contribution in [1.29, 1.82) is 0 Å². The fraction of sp³-hybridized carbons (Fsp3) is 0.684. The molecule has 0 saturated carbocycles. The van der Waals surface area contributed by atoms with Gasteiger partial charge in [0.05, 0.1) is 6.10 Å². The van der Waals surface area contributed by atoms with Crippen molar-refractivity contribution in [3.63, 3.8) is 0 Å². The van der Waals surface area contributed by atoms with Crippen LogP contribution in [-0.4, -0.2) is 29.6 Å². The molecule has 2 nitrogen and oxygen atoms in total. The van der Waals surface area contributed by atoms with Crippen molar-refractivity contribution in [2.24, 2.45) is 5.92 Å². The fourth-order valence-electron chi connectivity index (χ4n) is 2.63. The van der Waals surface area contributed by atoms with E-state index in [1.54, 1.807) is 0 Å². The van der Waals surface area contributed by atoms with Crippen molar-refractivity contribution in [3.8, 4) is 0 Å². The summed E-state index contributed by atoms with van der Waals surface area (Å²) in [5, 5.41) is 10.4. The largest absolute Gasteiger partial charge is 0.387 e. The molecule has 1 N–H and O–H groups in total. The van der Waals surface area contributed by atoms with Crippen LogP contribution < -0.4 is 0 Å². The third-order valence-electron chi connectivity index (χ3n) is 4.19. The number of hydrogen-bond donors (Lipinski definition) is 1. The molecule has 0 aliphatic heterocycles. The zero-order valence-corrected chi connectivity index (χ0v) is 14.9. The van der Waals surface area contributed by atoms with Crippen molar-refractivity contribution in [2.75, 3.05) is 13.6 Å². The second kappa shape index (κ2) is 7.42. The van der Waals surface area contributed by atoms with Gasteiger partial charge in [0, 0.05) is 12.6 Å². The molecule has 1 aromatic rings. The molecule has 0 heterocycles. The molecule has 0 fully saturated rings. The number of nitrogens with zero attached hydrogens (tertiary/aromatic N) is 1. The smallest absolute Gasteiger partial charge is 0.0916 e. The van der Waals surface area contributed by atoms with E-state index in [1.807, 2.05) is 0 Å². The Bertz CT molecular complexity index is 416. The summed E-state index contributed by atoms with van der Waals surface area (Å²) in [7, 11) is 2.10. The molecule has 1 rings (SSSR count). The molecule has 21 heavy (non-hydrogen) atoms. The fourth-order valence-corrected chi connectivity index (χ4v) is 2.63. The highest BCUT2D eigenvalue weighted by Crippen LogP contribution is 2.24. The summed E-state index contributed by atoms with van der Waals surface area (Å²) in [5.74, 6) is 0.686. The molecule has 2 unspecified atom stereocenters. The Morgan fingerprint density at radius 1 is 1.05 bits per heavy atom. The number of aliphatic hydroxyl groups is 1. The summed E-state index contributed by atoms with van der Waals surface area (Å²) in [5.41, 5.74) is 2.47. The summed E-state index contributed by atoms with van der Waals surface area (Å²) in [4.78, 5) is 2.25. The first kappa shape index (κ1) is 18.2. The summed E-state index contributed by atoms with van der Waals surface area (Å²) in [6.45, 7) is 14.0. The highest BCUT2D eigenvalue weighted by Gasteiger charge is 2.18. The van der Waals surface area contributed by atoms with Gasteiger partial charge in [-0.25, -0.2) is 0 Å². The topological polar surface area (TPSA) is 23.5 Å². The average Bonchev–Trinajstić information content (AvgIpc) is 2.36. The molecule has 120 valence electrons. The number of aliphatic hydroxyl groups excluding tert-OH is 1. The lowest BCUT2D eigenvalue weighted by molar-refractivity contribution is 0.102. The predicted octanol–water partition coefficient (Wildman–Crippen LogP) is 4.38. The van der Waals surface area contributed by atoms with E-state index in [0.717, 1.165) is 12.0 Å². The number of hydrogen-bond acceptors (Lipinski definition) is 2. The van der Waals surface area contributed by atoms with E-state index in [1.165, 1.54) is 5.56 Å². The van der Waals surface area contributed by atoms with Crippen LogP contribution >= 0.6 is 0 Å². The highest BCUT2D eigenvalue weighted by atomic mass is 16.3. The second-order valence-electron chi connectivity index (χ2n) is 7.81. The van der Waals surface area contributed by atoms with Gasteiger partial charge in [0.1, 0.15) is 0 Å². The Hall–Kier alpha value is -0.860. The second-order valence-corrected chi connectivity index (χ2v) is 7.81. The number of benzene rings is 1. The van der Waals surface area contributed by atoms with Crippen LogP contribution in [0.2, 0.25) is 0 Å². The molecule has 0 amide bonds. The summed E-state index contributed by atoms with van der Waals surface area (Å²) in [6, 6.07) is 8.89. The molecule has 0 radical (unpaired) electrons. The van der Waals surface area contributed by atoms with Gasteiger partial charge in [-0.1, -0.05) is 58.9 Å². The van der Waals surface area contributed by atoms with Crippen LogP contribution in [-0.2, 0) is 5.41 Å². The molecule has 0 spiro atoms. The highest BCUT2D eigenvalue weighted by molar-refractivity contribution is 5.28. The summed E-state index contributed by atoms with van der Waals surface area (Å²) in [6.07, 6.45) is 0.741. The van der Waals surface area contributed by atoms with E-state index in [4.69, 9.17) is 0 Å². The molecule has 0 aliphatic rings. The van der Waals surface area contributed by atoms with Crippen LogP contribution in [0.1, 0.15) is 65.2 Å². The first-order chi connectivity index (χ1) is 9.61. The minimum absolute atomic E-state index is 0.159. The molecular formula is C19H33NO. The maximum atomic E-state index is 10.4. The van der Waals surface area contributed by atoms with E-state index < -0.39 is 6.10 Å². The van der Waals surface area contributed by atoms with E-state index in [0.29, 0.717) is 18.5 Å². The predicted molar refractivity (Wildman–Crippen MR) is 91.6 cm³/mol. The van der Waals surface area contributed by atoms with Gasteiger partial charge in [-0.3, -0.25) is 0 Å². The van der Waals surface area contributed by atoms with Gasteiger partial charge < -0.3 is 10.0 Å². The Morgan fingerprint density at radius 2 is 1.57 bits per heavy atom. The van der Waals surface area contributed by atoms with Crippen LogP contribution in [0.3, 0.4) is 0 Å². The average molecular weight is 291 g/mol. The number of likely N-dealkylation sites (N-methyl/N-ethyl adjacent to an activating group) is 1. The Balaban J connectivity index is 2.65. The molecule has 0 aromatic heterocycles. The molecule has 0 saturated heterocycles. The molecule has 1 aromatic carbocycles. The van der Waals surface area contributed by atoms with Gasteiger partial charge in [0.2, 0.25) is 0 Å². The third-order valence-corrected chi connectivity index (χ3v) is 4.19. The lowest BCUT2D eigenvalue weighted by Gasteiger charge is -2.28. The van der Waals surface area contributed by atoms with Gasteiger partial charge in [-0.15, -0.1) is 0 Å². The zero-order valence-electron chi connectivity index (χ0n) is 14.9. The van der Waals surface area contributed by atoms with Crippen LogP contribution in [0.15, 0.2) is 24.3 Å².